The van der Waals surface area contributed by atoms with Gasteiger partial charge in [-0.25, -0.2) is 4.79 Å². The molecule has 26 heavy (non-hydrogen) atoms. The highest BCUT2D eigenvalue weighted by molar-refractivity contribution is 9.09. The Labute approximate surface area is 159 Å². The van der Waals surface area contributed by atoms with Gasteiger partial charge in [-0.2, -0.15) is 8.42 Å². The molecule has 3 rings (SSSR count). The molecule has 0 spiro atoms. The van der Waals surface area contributed by atoms with Crippen LogP contribution in [0.3, 0.4) is 0 Å². The van der Waals surface area contributed by atoms with E-state index in [1.807, 2.05) is 30.3 Å². The molecule has 0 atom stereocenters. The van der Waals surface area contributed by atoms with Crippen LogP contribution in [-0.4, -0.2) is 25.3 Å². The van der Waals surface area contributed by atoms with Gasteiger partial charge in [0.05, 0.1) is 17.2 Å². The van der Waals surface area contributed by atoms with Gasteiger partial charge < -0.3 is 4.42 Å². The zero-order chi connectivity index (χ0) is 18.6. The van der Waals surface area contributed by atoms with Gasteiger partial charge in [0.2, 0.25) is 0 Å². The lowest BCUT2D eigenvalue weighted by molar-refractivity contribution is 0.319. The van der Waals surface area contributed by atoms with Crippen molar-refractivity contribution in [2.75, 3.05) is 11.9 Å². The van der Waals surface area contributed by atoms with Crippen molar-refractivity contribution < 1.29 is 17.0 Å². The Morgan fingerprint density at radius 2 is 1.69 bits per heavy atom. The fraction of sp³-hybridized carbons (Fsp3) is 0.167. The van der Waals surface area contributed by atoms with Crippen molar-refractivity contribution in [3.05, 3.63) is 65.1 Å². The normalized spacial score (nSPS) is 11.6. The van der Waals surface area contributed by atoms with Crippen LogP contribution in [-0.2, 0) is 14.3 Å². The van der Waals surface area contributed by atoms with Gasteiger partial charge >= 0.3 is 5.76 Å². The molecule has 0 radical (unpaired) electrons. The topological polar surface area (TPSA) is 89.4 Å². The lowest BCUT2D eigenvalue weighted by Gasteiger charge is -2.06. The van der Waals surface area contributed by atoms with Crippen LogP contribution >= 0.6 is 15.9 Å². The molecule has 136 valence electrons. The quantitative estimate of drug-likeness (QED) is 0.345. The highest BCUT2D eigenvalue weighted by Crippen LogP contribution is 2.30. The van der Waals surface area contributed by atoms with E-state index in [1.54, 1.807) is 12.1 Å². The van der Waals surface area contributed by atoms with Crippen molar-refractivity contribution >= 4 is 26.0 Å². The van der Waals surface area contributed by atoms with Crippen LogP contribution in [0.2, 0.25) is 0 Å². The Balaban J connectivity index is 1.92. The first-order valence-electron chi connectivity index (χ1n) is 7.85. The predicted octanol–water partition coefficient (Wildman–Crippen LogP) is 3.79. The molecule has 0 bridgehead atoms. The first-order chi connectivity index (χ1) is 12.5. The second-order valence-corrected chi connectivity index (χ2v) is 7.84. The molecular formula is C18H16BrNO5S. The van der Waals surface area contributed by atoms with E-state index < -0.39 is 15.9 Å². The van der Waals surface area contributed by atoms with Crippen LogP contribution in [0.15, 0.2) is 68.7 Å². The van der Waals surface area contributed by atoms with Crippen LogP contribution in [0.1, 0.15) is 6.42 Å². The summed E-state index contributed by atoms with van der Waals surface area (Å²) >= 11 is 3.22. The van der Waals surface area contributed by atoms with Gasteiger partial charge in [0.25, 0.3) is 10.1 Å². The Morgan fingerprint density at radius 3 is 2.35 bits per heavy atom. The summed E-state index contributed by atoms with van der Waals surface area (Å²) in [5.41, 5.74) is 1.92. The Hall–Kier alpha value is -2.16. The van der Waals surface area contributed by atoms with E-state index in [-0.39, 0.29) is 11.5 Å². The maximum atomic E-state index is 12.1. The molecule has 0 aliphatic heterocycles. The molecule has 1 heterocycles. The van der Waals surface area contributed by atoms with Crippen LogP contribution in [0.5, 0.6) is 0 Å². The monoisotopic (exact) mass is 437 g/mol. The molecule has 0 fully saturated rings. The van der Waals surface area contributed by atoms with E-state index in [0.29, 0.717) is 28.8 Å². The highest BCUT2D eigenvalue weighted by Gasteiger charge is 2.18. The van der Waals surface area contributed by atoms with E-state index in [1.165, 1.54) is 12.1 Å². The fourth-order valence-electron chi connectivity index (χ4n) is 2.40. The number of hydrogen-bond donors (Lipinski definition) is 1. The van der Waals surface area contributed by atoms with Crippen molar-refractivity contribution in [2.45, 2.75) is 11.3 Å². The summed E-state index contributed by atoms with van der Waals surface area (Å²) in [5, 5.41) is 0.663. The number of aromatic nitrogens is 1. The molecule has 0 unspecified atom stereocenters. The molecule has 8 heteroatoms. The number of benzene rings is 2. The molecule has 0 saturated carbocycles. The van der Waals surface area contributed by atoms with Gasteiger partial charge in [0, 0.05) is 16.5 Å². The summed E-state index contributed by atoms with van der Waals surface area (Å²) in [5.74, 6) is -0.223. The molecule has 3 aromatic rings. The summed E-state index contributed by atoms with van der Waals surface area (Å²) in [7, 11) is -3.81. The van der Waals surface area contributed by atoms with E-state index >= 15 is 0 Å². The molecule has 0 aliphatic rings. The van der Waals surface area contributed by atoms with Crippen LogP contribution in [0.4, 0.5) is 0 Å². The second kappa shape index (κ2) is 8.03. The number of nitrogens with one attached hydrogen (secondary N) is 1. The minimum atomic E-state index is -3.81. The average molecular weight is 438 g/mol. The number of H-pyrrole nitrogens is 1. The van der Waals surface area contributed by atoms with Gasteiger partial charge in [-0.05, 0) is 30.7 Å². The summed E-state index contributed by atoms with van der Waals surface area (Å²) in [6, 6.07) is 15.3. The Morgan fingerprint density at radius 1 is 1.00 bits per heavy atom. The van der Waals surface area contributed by atoms with Gasteiger partial charge in [0.1, 0.15) is 0 Å². The van der Waals surface area contributed by atoms with Crippen molar-refractivity contribution in [3.63, 3.8) is 0 Å². The number of alkyl halides is 1. The van der Waals surface area contributed by atoms with Gasteiger partial charge in [-0.3, -0.25) is 9.17 Å². The van der Waals surface area contributed by atoms with Crippen molar-refractivity contribution in [2.24, 2.45) is 0 Å². The number of rotatable bonds is 7. The number of oxazole rings is 1. The zero-order valence-electron chi connectivity index (χ0n) is 13.6. The third-order valence-corrected chi connectivity index (χ3v) is 5.52. The third-order valence-electron chi connectivity index (χ3n) is 3.63. The molecular weight excluding hydrogens is 422 g/mol. The number of halogens is 1. The van der Waals surface area contributed by atoms with Crippen molar-refractivity contribution in [1.82, 2.24) is 4.98 Å². The van der Waals surface area contributed by atoms with Gasteiger partial charge in [0.15, 0.2) is 5.76 Å². The minimum absolute atomic E-state index is 0.0509. The minimum Gasteiger partial charge on any atom is -0.407 e. The predicted molar refractivity (Wildman–Crippen MR) is 102 cm³/mol. The molecule has 6 nitrogen and oxygen atoms in total. The SMILES string of the molecule is O=c1[nH]c(-c2ccccc2)c(-c2ccc(S(=O)(=O)OCCCBr)cc2)o1. The van der Waals surface area contributed by atoms with Gasteiger partial charge in [-0.15, -0.1) is 0 Å². The largest absolute Gasteiger partial charge is 0.417 e. The van der Waals surface area contributed by atoms with Crippen LogP contribution < -0.4 is 5.76 Å². The van der Waals surface area contributed by atoms with E-state index in [4.69, 9.17) is 8.60 Å². The molecule has 0 aliphatic carbocycles. The lowest BCUT2D eigenvalue weighted by Crippen LogP contribution is -2.07. The average Bonchev–Trinajstić information content (AvgIpc) is 3.04. The Bertz CT molecular complexity index is 1020. The molecule has 0 amide bonds. The number of hydrogen-bond acceptors (Lipinski definition) is 5. The molecule has 2 aromatic carbocycles. The summed E-state index contributed by atoms with van der Waals surface area (Å²) in [6.45, 7) is 0.111. The van der Waals surface area contributed by atoms with E-state index in [0.717, 1.165) is 5.56 Å². The maximum Gasteiger partial charge on any atom is 0.417 e. The third kappa shape index (κ3) is 4.14. The first kappa shape index (κ1) is 18.6. The lowest BCUT2D eigenvalue weighted by atomic mass is 10.1. The fourth-order valence-corrected chi connectivity index (χ4v) is 3.58. The second-order valence-electron chi connectivity index (χ2n) is 5.43. The van der Waals surface area contributed by atoms with Gasteiger partial charge in [-0.1, -0.05) is 46.3 Å². The summed E-state index contributed by atoms with van der Waals surface area (Å²) in [4.78, 5) is 14.4. The molecule has 1 aromatic heterocycles. The summed E-state index contributed by atoms with van der Waals surface area (Å²) in [6.07, 6.45) is 0.590. The maximum absolute atomic E-state index is 12.1. The van der Waals surface area contributed by atoms with E-state index in [2.05, 4.69) is 20.9 Å². The summed E-state index contributed by atoms with van der Waals surface area (Å²) < 4.78 is 34.5. The molecule has 0 saturated heterocycles. The van der Waals surface area contributed by atoms with Crippen molar-refractivity contribution in [1.29, 1.82) is 0 Å². The zero-order valence-corrected chi connectivity index (χ0v) is 16.0. The standard InChI is InChI=1S/C18H16BrNO5S/c19-11-4-12-24-26(22,23)15-9-7-14(8-10-15)17-16(20-18(21)25-17)13-5-2-1-3-6-13/h1-3,5-10H,4,11-12H2,(H,20,21). The Kier molecular flexibility index (Phi) is 5.75. The first-order valence-corrected chi connectivity index (χ1v) is 10.4. The van der Waals surface area contributed by atoms with Crippen molar-refractivity contribution in [3.8, 4) is 22.6 Å². The van der Waals surface area contributed by atoms with E-state index in [9.17, 15) is 13.2 Å². The van der Waals surface area contributed by atoms with Crippen LogP contribution in [0, 0.1) is 0 Å². The molecule has 1 N–H and O–H groups in total. The number of aromatic amines is 1. The highest BCUT2D eigenvalue weighted by atomic mass is 79.9. The van der Waals surface area contributed by atoms with Crippen LogP contribution in [0.25, 0.3) is 22.6 Å². The smallest absolute Gasteiger partial charge is 0.407 e.